The van der Waals surface area contributed by atoms with Crippen molar-refractivity contribution in [2.75, 3.05) is 20.3 Å². The summed E-state index contributed by atoms with van der Waals surface area (Å²) in [6.45, 7) is 4.08. The Morgan fingerprint density at radius 3 is 2.50 bits per heavy atom. The van der Waals surface area contributed by atoms with Crippen LogP contribution >= 0.6 is 0 Å². The average molecular weight is 307 g/mol. The molecule has 1 unspecified atom stereocenters. The third-order valence-corrected chi connectivity index (χ3v) is 3.97. The van der Waals surface area contributed by atoms with E-state index in [-0.39, 0.29) is 19.8 Å². The lowest BCUT2D eigenvalue weighted by molar-refractivity contribution is -0.201. The van der Waals surface area contributed by atoms with Crippen LogP contribution in [0.5, 0.6) is 0 Å². The summed E-state index contributed by atoms with van der Waals surface area (Å²) in [5, 5.41) is 0. The van der Waals surface area contributed by atoms with Crippen LogP contribution in [0, 0.1) is 0 Å². The van der Waals surface area contributed by atoms with Crippen LogP contribution in [0.15, 0.2) is 30.3 Å². The molecule has 0 N–H and O–H groups in total. The maximum Gasteiger partial charge on any atom is 0.410 e. The fourth-order valence-electron chi connectivity index (χ4n) is 2.49. The predicted octanol–water partition coefficient (Wildman–Crippen LogP) is 1.98. The highest BCUT2D eigenvalue weighted by Gasteiger charge is 2.59. The summed E-state index contributed by atoms with van der Waals surface area (Å²) in [5.74, 6) is -0.447. The molecule has 1 aromatic rings. The summed E-state index contributed by atoms with van der Waals surface area (Å²) in [7, 11) is 1.44. The van der Waals surface area contributed by atoms with Crippen LogP contribution in [0.25, 0.3) is 0 Å². The highest BCUT2D eigenvalue weighted by molar-refractivity contribution is 5.85. The maximum absolute atomic E-state index is 12.1. The molecule has 6 nitrogen and oxygen atoms in total. The van der Waals surface area contributed by atoms with E-state index in [0.717, 1.165) is 5.56 Å². The summed E-state index contributed by atoms with van der Waals surface area (Å²) in [4.78, 5) is 25.6. The molecular formula is C16H21NO5. The number of hydrogen-bond donors (Lipinski definition) is 0. The van der Waals surface area contributed by atoms with Crippen molar-refractivity contribution in [2.24, 2.45) is 0 Å². The van der Waals surface area contributed by atoms with Crippen LogP contribution in [0.4, 0.5) is 4.79 Å². The van der Waals surface area contributed by atoms with Crippen LogP contribution in [-0.2, 0) is 25.6 Å². The monoisotopic (exact) mass is 307 g/mol. The molecule has 0 radical (unpaired) electrons. The molecule has 1 amide bonds. The van der Waals surface area contributed by atoms with Gasteiger partial charge in [-0.2, -0.15) is 0 Å². The third-order valence-electron chi connectivity index (χ3n) is 3.97. The van der Waals surface area contributed by atoms with Crippen LogP contribution in [0.2, 0.25) is 0 Å². The van der Waals surface area contributed by atoms with Gasteiger partial charge in [0.1, 0.15) is 6.61 Å². The second kappa shape index (κ2) is 6.79. The first-order chi connectivity index (χ1) is 10.5. The lowest BCUT2D eigenvalue weighted by Gasteiger charge is -2.51. The van der Waals surface area contributed by atoms with Crippen molar-refractivity contribution in [1.29, 1.82) is 0 Å². The quantitative estimate of drug-likeness (QED) is 0.778. The van der Waals surface area contributed by atoms with Crippen LogP contribution in [0.1, 0.15) is 19.4 Å². The lowest BCUT2D eigenvalue weighted by Crippen LogP contribution is -2.74. The van der Waals surface area contributed by atoms with Crippen LogP contribution in [-0.4, -0.2) is 48.9 Å². The Balaban J connectivity index is 1.92. The highest BCUT2D eigenvalue weighted by Crippen LogP contribution is 2.34. The fraction of sp³-hybridized carbons (Fsp3) is 0.500. The van der Waals surface area contributed by atoms with E-state index in [1.165, 1.54) is 12.0 Å². The maximum atomic E-state index is 12.1. The minimum Gasteiger partial charge on any atom is -0.464 e. The molecule has 0 saturated carbocycles. The van der Waals surface area contributed by atoms with Gasteiger partial charge in [0.05, 0.1) is 19.2 Å². The summed E-state index contributed by atoms with van der Waals surface area (Å²) in [6.07, 6.45) is -0.465. The first kappa shape index (κ1) is 16.3. The van der Waals surface area contributed by atoms with Gasteiger partial charge in [-0.25, -0.2) is 9.59 Å². The predicted molar refractivity (Wildman–Crippen MR) is 79.2 cm³/mol. The van der Waals surface area contributed by atoms with Crippen molar-refractivity contribution in [3.63, 3.8) is 0 Å². The number of carbonyl (C=O) groups is 2. The van der Waals surface area contributed by atoms with E-state index >= 15 is 0 Å². The van der Waals surface area contributed by atoms with Crippen molar-refractivity contribution in [3.05, 3.63) is 35.9 Å². The van der Waals surface area contributed by atoms with Gasteiger partial charge in [0.15, 0.2) is 0 Å². The van der Waals surface area contributed by atoms with E-state index < -0.39 is 23.7 Å². The number of hydrogen-bond acceptors (Lipinski definition) is 5. The van der Waals surface area contributed by atoms with E-state index in [9.17, 15) is 9.59 Å². The molecule has 0 bridgehead atoms. The van der Waals surface area contributed by atoms with Crippen LogP contribution < -0.4 is 0 Å². The van der Waals surface area contributed by atoms with Crippen LogP contribution in [0.3, 0.4) is 0 Å². The Bertz CT molecular complexity index is 533. The zero-order chi connectivity index (χ0) is 16.2. The minimum atomic E-state index is -1.10. The third kappa shape index (κ3) is 2.92. The Hall–Kier alpha value is -2.08. The molecule has 1 saturated heterocycles. The van der Waals surface area contributed by atoms with Gasteiger partial charge in [0.2, 0.25) is 5.60 Å². The molecule has 1 fully saturated rings. The van der Waals surface area contributed by atoms with Crippen molar-refractivity contribution in [1.82, 2.24) is 4.90 Å². The molecular weight excluding hydrogens is 286 g/mol. The Morgan fingerprint density at radius 1 is 1.27 bits per heavy atom. The second-order valence-electron chi connectivity index (χ2n) is 5.16. The molecule has 2 atom stereocenters. The zero-order valence-corrected chi connectivity index (χ0v) is 13.1. The molecule has 1 aliphatic rings. The number of rotatable bonds is 5. The van der Waals surface area contributed by atoms with Gasteiger partial charge in [0.25, 0.3) is 0 Å². The SMILES string of the molecule is CCOC(=O)C1(OC)CN(C(=O)OCc2ccccc2)[C@H]1C. The molecule has 2 rings (SSSR count). The van der Waals surface area contributed by atoms with Crippen molar-refractivity contribution >= 4 is 12.1 Å². The molecule has 120 valence electrons. The number of benzene rings is 1. The first-order valence-corrected chi connectivity index (χ1v) is 7.25. The highest BCUT2D eigenvalue weighted by atomic mass is 16.6. The van der Waals surface area contributed by atoms with Gasteiger partial charge < -0.3 is 14.2 Å². The van der Waals surface area contributed by atoms with Gasteiger partial charge in [-0.05, 0) is 19.4 Å². The smallest absolute Gasteiger partial charge is 0.410 e. The van der Waals surface area contributed by atoms with E-state index in [4.69, 9.17) is 14.2 Å². The number of ether oxygens (including phenoxy) is 3. The number of methoxy groups -OCH3 is 1. The van der Waals surface area contributed by atoms with Gasteiger partial charge >= 0.3 is 12.1 Å². The van der Waals surface area contributed by atoms with Gasteiger partial charge in [-0.15, -0.1) is 0 Å². The minimum absolute atomic E-state index is 0.136. The van der Waals surface area contributed by atoms with E-state index in [1.807, 2.05) is 30.3 Å². The first-order valence-electron chi connectivity index (χ1n) is 7.25. The topological polar surface area (TPSA) is 65.1 Å². The molecule has 1 aromatic carbocycles. The van der Waals surface area contributed by atoms with E-state index in [2.05, 4.69) is 0 Å². The number of nitrogens with zero attached hydrogens (tertiary/aromatic N) is 1. The summed E-state index contributed by atoms with van der Waals surface area (Å²) in [5.41, 5.74) is -0.186. The lowest BCUT2D eigenvalue weighted by atomic mass is 9.84. The van der Waals surface area contributed by atoms with E-state index in [1.54, 1.807) is 13.8 Å². The number of esters is 1. The van der Waals surface area contributed by atoms with Crippen molar-refractivity contribution < 1.29 is 23.8 Å². The summed E-state index contributed by atoms with van der Waals surface area (Å²) < 4.78 is 15.6. The molecule has 1 aliphatic heterocycles. The Morgan fingerprint density at radius 2 is 1.95 bits per heavy atom. The molecule has 0 spiro atoms. The molecule has 22 heavy (non-hydrogen) atoms. The zero-order valence-electron chi connectivity index (χ0n) is 13.1. The molecule has 0 aromatic heterocycles. The number of likely N-dealkylation sites (tertiary alicyclic amines) is 1. The standard InChI is InChI=1S/C16H21NO5/c1-4-21-14(18)16(20-3)11-17(12(16)2)15(19)22-10-13-8-6-5-7-9-13/h5-9,12H,4,10-11H2,1-3H3/t12-,16?/m0/s1. The normalized spacial score (nSPS) is 23.6. The molecule has 1 heterocycles. The largest absolute Gasteiger partial charge is 0.464 e. The summed E-state index contributed by atoms with van der Waals surface area (Å²) in [6, 6.07) is 8.99. The molecule has 6 heteroatoms. The fourth-order valence-corrected chi connectivity index (χ4v) is 2.49. The van der Waals surface area contributed by atoms with Gasteiger partial charge in [0, 0.05) is 7.11 Å². The molecule has 0 aliphatic carbocycles. The Kier molecular flexibility index (Phi) is 5.03. The van der Waals surface area contributed by atoms with Gasteiger partial charge in [-0.3, -0.25) is 4.90 Å². The van der Waals surface area contributed by atoms with Crippen molar-refractivity contribution in [3.8, 4) is 0 Å². The Labute approximate surface area is 129 Å². The number of carbonyl (C=O) groups excluding carboxylic acids is 2. The van der Waals surface area contributed by atoms with E-state index in [0.29, 0.717) is 0 Å². The number of amides is 1. The van der Waals surface area contributed by atoms with Gasteiger partial charge in [-0.1, -0.05) is 30.3 Å². The second-order valence-corrected chi connectivity index (χ2v) is 5.16. The van der Waals surface area contributed by atoms with Crippen molar-refractivity contribution in [2.45, 2.75) is 32.1 Å². The summed E-state index contributed by atoms with van der Waals surface area (Å²) >= 11 is 0. The average Bonchev–Trinajstić information content (AvgIpc) is 2.53.